The number of aromatic nitrogens is 4. The SMILES string of the molecule is CCn1nnnc1CC(=O)c1ccc(OC(F)F)c(S(=O)(=O)CC)c1C. The maximum absolute atomic E-state index is 12.6. The molecule has 0 aliphatic carbocycles. The zero-order chi connectivity index (χ0) is 19.5. The van der Waals surface area contributed by atoms with Gasteiger partial charge in [0.2, 0.25) is 0 Å². The molecule has 2 rings (SSSR count). The van der Waals surface area contributed by atoms with Gasteiger partial charge in [-0.3, -0.25) is 4.79 Å². The summed E-state index contributed by atoms with van der Waals surface area (Å²) in [6.07, 6.45) is -0.150. The molecule has 142 valence electrons. The Balaban J connectivity index is 2.50. The fourth-order valence-corrected chi connectivity index (χ4v) is 3.81. The molecule has 1 aromatic heterocycles. The van der Waals surface area contributed by atoms with E-state index in [-0.39, 0.29) is 23.3 Å². The average Bonchev–Trinajstić information content (AvgIpc) is 3.01. The van der Waals surface area contributed by atoms with Crippen molar-refractivity contribution in [2.24, 2.45) is 0 Å². The van der Waals surface area contributed by atoms with Crippen LogP contribution < -0.4 is 4.74 Å². The van der Waals surface area contributed by atoms with Crippen LogP contribution in [0, 0.1) is 6.92 Å². The van der Waals surface area contributed by atoms with Crippen LogP contribution in [0.2, 0.25) is 0 Å². The van der Waals surface area contributed by atoms with Gasteiger partial charge < -0.3 is 4.74 Å². The number of ether oxygens (including phenoxy) is 1. The molecule has 11 heteroatoms. The minimum absolute atomic E-state index is 0.0607. The lowest BCUT2D eigenvalue weighted by Crippen LogP contribution is -2.16. The van der Waals surface area contributed by atoms with Gasteiger partial charge >= 0.3 is 6.61 Å². The molecule has 0 N–H and O–H groups in total. The predicted octanol–water partition coefficient (Wildman–Crippen LogP) is 1.82. The second kappa shape index (κ2) is 7.85. The maximum Gasteiger partial charge on any atom is 0.387 e. The van der Waals surface area contributed by atoms with E-state index >= 15 is 0 Å². The molecule has 0 atom stereocenters. The Morgan fingerprint density at radius 2 is 2.00 bits per heavy atom. The first-order chi connectivity index (χ1) is 12.2. The van der Waals surface area contributed by atoms with Gasteiger partial charge in [-0.1, -0.05) is 6.92 Å². The largest absolute Gasteiger partial charge is 0.433 e. The second-order valence-corrected chi connectivity index (χ2v) is 7.57. The van der Waals surface area contributed by atoms with Crippen molar-refractivity contribution in [1.82, 2.24) is 20.2 Å². The highest BCUT2D eigenvalue weighted by molar-refractivity contribution is 7.91. The van der Waals surface area contributed by atoms with Gasteiger partial charge in [0.1, 0.15) is 10.6 Å². The first kappa shape index (κ1) is 19.9. The van der Waals surface area contributed by atoms with Crippen molar-refractivity contribution in [3.8, 4) is 5.75 Å². The average molecular weight is 388 g/mol. The summed E-state index contributed by atoms with van der Waals surface area (Å²) in [4.78, 5) is 12.2. The number of nitrogens with zero attached hydrogens (tertiary/aromatic N) is 4. The third-order valence-corrected chi connectivity index (χ3v) is 5.69. The molecule has 1 aromatic carbocycles. The molecule has 0 aliphatic rings. The highest BCUT2D eigenvalue weighted by Crippen LogP contribution is 2.32. The summed E-state index contributed by atoms with van der Waals surface area (Å²) >= 11 is 0. The normalized spacial score (nSPS) is 11.8. The molecule has 0 amide bonds. The number of aryl methyl sites for hydroxylation is 1. The summed E-state index contributed by atoms with van der Waals surface area (Å²) in [7, 11) is -3.89. The Bertz CT molecular complexity index is 912. The molecular formula is C15H18F2N4O4S. The Morgan fingerprint density at radius 1 is 1.31 bits per heavy atom. The number of halogens is 2. The van der Waals surface area contributed by atoms with Gasteiger partial charge in [-0.05, 0) is 42.0 Å². The summed E-state index contributed by atoms with van der Waals surface area (Å²) in [5.74, 6) is -0.902. The van der Waals surface area contributed by atoms with Crippen LogP contribution in [0.5, 0.6) is 5.75 Å². The number of sulfone groups is 1. The van der Waals surface area contributed by atoms with Gasteiger partial charge in [0.15, 0.2) is 21.4 Å². The number of benzene rings is 1. The van der Waals surface area contributed by atoms with E-state index in [2.05, 4.69) is 20.3 Å². The number of alkyl halides is 2. The van der Waals surface area contributed by atoms with Gasteiger partial charge in [-0.25, -0.2) is 13.1 Å². The summed E-state index contributed by atoms with van der Waals surface area (Å²) in [5.41, 5.74) is 0.148. The van der Waals surface area contributed by atoms with Crippen molar-refractivity contribution in [1.29, 1.82) is 0 Å². The van der Waals surface area contributed by atoms with Crippen molar-refractivity contribution in [2.45, 2.75) is 45.2 Å². The van der Waals surface area contributed by atoms with E-state index in [1.54, 1.807) is 6.92 Å². The number of hydrogen-bond donors (Lipinski definition) is 0. The Labute approximate surface area is 149 Å². The standard InChI is InChI=1S/C15H18F2N4O4S/c1-4-21-13(18-19-20-21)8-11(22)10-6-7-12(25-15(16)17)14(9(10)3)26(23,24)5-2/h6-7,15H,4-5,8H2,1-3H3. The van der Waals surface area contributed by atoms with Crippen LogP contribution >= 0.6 is 0 Å². The van der Waals surface area contributed by atoms with Gasteiger partial charge in [-0.2, -0.15) is 8.78 Å². The molecule has 0 fully saturated rings. The van der Waals surface area contributed by atoms with Crippen molar-refractivity contribution in [3.63, 3.8) is 0 Å². The monoisotopic (exact) mass is 388 g/mol. The van der Waals surface area contributed by atoms with Crippen LogP contribution in [0.4, 0.5) is 8.78 Å². The molecule has 0 saturated heterocycles. The van der Waals surface area contributed by atoms with Crippen LogP contribution in [0.15, 0.2) is 17.0 Å². The summed E-state index contributed by atoms with van der Waals surface area (Å²) in [6.45, 7) is 1.85. The van der Waals surface area contributed by atoms with Gasteiger partial charge in [0.25, 0.3) is 0 Å². The first-order valence-electron chi connectivity index (χ1n) is 7.80. The van der Waals surface area contributed by atoms with E-state index in [4.69, 9.17) is 0 Å². The van der Waals surface area contributed by atoms with Crippen molar-refractivity contribution < 1.29 is 26.7 Å². The van der Waals surface area contributed by atoms with Crippen LogP contribution in [0.3, 0.4) is 0 Å². The van der Waals surface area contributed by atoms with E-state index in [0.29, 0.717) is 12.4 Å². The van der Waals surface area contributed by atoms with E-state index < -0.39 is 32.9 Å². The zero-order valence-corrected chi connectivity index (χ0v) is 15.3. The first-order valence-corrected chi connectivity index (χ1v) is 9.45. The van der Waals surface area contributed by atoms with E-state index in [1.165, 1.54) is 24.6 Å². The summed E-state index contributed by atoms with van der Waals surface area (Å²) in [6, 6.07) is 2.34. The Kier molecular flexibility index (Phi) is 6.01. The van der Waals surface area contributed by atoms with Crippen molar-refractivity contribution in [3.05, 3.63) is 29.1 Å². The quantitative estimate of drug-likeness (QED) is 0.635. The molecule has 0 radical (unpaired) electrons. The number of carbonyl (C=O) groups is 1. The Hall–Kier alpha value is -2.43. The minimum Gasteiger partial charge on any atom is -0.433 e. The number of tetrazole rings is 1. The maximum atomic E-state index is 12.6. The molecular weight excluding hydrogens is 370 g/mol. The lowest BCUT2D eigenvalue weighted by molar-refractivity contribution is -0.0517. The third-order valence-electron chi connectivity index (χ3n) is 3.80. The topological polar surface area (TPSA) is 104 Å². The number of rotatable bonds is 8. The zero-order valence-electron chi connectivity index (χ0n) is 14.4. The van der Waals surface area contributed by atoms with Crippen LogP contribution in [-0.4, -0.2) is 46.8 Å². The smallest absolute Gasteiger partial charge is 0.387 e. The molecule has 26 heavy (non-hydrogen) atoms. The van der Waals surface area contributed by atoms with E-state index in [1.807, 2.05) is 0 Å². The lowest BCUT2D eigenvalue weighted by Gasteiger charge is -2.15. The third kappa shape index (κ3) is 4.03. The highest BCUT2D eigenvalue weighted by Gasteiger charge is 2.26. The van der Waals surface area contributed by atoms with Crippen LogP contribution in [-0.2, 0) is 22.8 Å². The molecule has 0 bridgehead atoms. The lowest BCUT2D eigenvalue weighted by atomic mass is 10.0. The van der Waals surface area contributed by atoms with Crippen LogP contribution in [0.25, 0.3) is 0 Å². The van der Waals surface area contributed by atoms with Crippen LogP contribution in [0.1, 0.15) is 35.6 Å². The number of hydrogen-bond acceptors (Lipinski definition) is 7. The van der Waals surface area contributed by atoms with E-state index in [0.717, 1.165) is 6.07 Å². The summed E-state index contributed by atoms with van der Waals surface area (Å²) < 4.78 is 55.7. The summed E-state index contributed by atoms with van der Waals surface area (Å²) in [5, 5.41) is 11.0. The molecule has 0 unspecified atom stereocenters. The van der Waals surface area contributed by atoms with Gasteiger partial charge in [0.05, 0.1) is 12.2 Å². The molecule has 8 nitrogen and oxygen atoms in total. The van der Waals surface area contributed by atoms with E-state index in [9.17, 15) is 22.0 Å². The second-order valence-electron chi connectivity index (χ2n) is 5.36. The number of ketones is 1. The van der Waals surface area contributed by atoms with Crippen molar-refractivity contribution in [2.75, 3.05) is 5.75 Å². The van der Waals surface area contributed by atoms with Gasteiger partial charge in [0, 0.05) is 12.1 Å². The number of carbonyl (C=O) groups excluding carboxylic acids is 1. The van der Waals surface area contributed by atoms with Gasteiger partial charge in [-0.15, -0.1) is 5.10 Å². The fraction of sp³-hybridized carbons (Fsp3) is 0.467. The Morgan fingerprint density at radius 3 is 2.58 bits per heavy atom. The van der Waals surface area contributed by atoms with Crippen molar-refractivity contribution >= 4 is 15.6 Å². The molecule has 1 heterocycles. The molecule has 0 aliphatic heterocycles. The molecule has 2 aromatic rings. The fourth-order valence-electron chi connectivity index (χ4n) is 2.52. The molecule has 0 spiro atoms. The predicted molar refractivity (Wildman–Crippen MR) is 87.1 cm³/mol. The minimum atomic E-state index is -3.89. The highest BCUT2D eigenvalue weighted by atomic mass is 32.2. The molecule has 0 saturated carbocycles. The number of Topliss-reactive ketones (excluding diaryl/α,β-unsaturated/α-hetero) is 1.